The van der Waals surface area contributed by atoms with Crippen LogP contribution in [-0.2, 0) is 6.54 Å². The molecule has 7 nitrogen and oxygen atoms in total. The largest absolute Gasteiger partial charge is 0.334 e. The van der Waals surface area contributed by atoms with Gasteiger partial charge in [-0.2, -0.15) is 4.98 Å². The van der Waals surface area contributed by atoms with Crippen molar-refractivity contribution in [2.75, 3.05) is 26.7 Å². The van der Waals surface area contributed by atoms with Crippen molar-refractivity contribution < 1.29 is 9.32 Å². The fourth-order valence-electron chi connectivity index (χ4n) is 5.06. The third-order valence-corrected chi connectivity index (χ3v) is 6.90. The van der Waals surface area contributed by atoms with E-state index in [4.69, 9.17) is 9.51 Å². The van der Waals surface area contributed by atoms with E-state index in [-0.39, 0.29) is 17.5 Å². The molecule has 2 amide bonds. The van der Waals surface area contributed by atoms with E-state index in [1.165, 1.54) is 0 Å². The minimum atomic E-state index is 0.0253. The number of hydrogen-bond donors (Lipinski definition) is 1. The zero-order valence-electron chi connectivity index (χ0n) is 18.4. The monoisotopic (exact) mass is 431 g/mol. The van der Waals surface area contributed by atoms with Crippen LogP contribution in [0.1, 0.15) is 36.7 Å². The summed E-state index contributed by atoms with van der Waals surface area (Å²) >= 11 is 0. The number of carbonyl (C=O) groups is 1. The lowest BCUT2D eigenvalue weighted by molar-refractivity contribution is 0.122. The fraction of sp³-hybridized carbons (Fsp3) is 0.400. The molecule has 32 heavy (non-hydrogen) atoms. The normalized spacial score (nSPS) is 20.5. The van der Waals surface area contributed by atoms with Crippen LogP contribution in [0.3, 0.4) is 0 Å². The molecule has 1 aromatic heterocycles. The standard InChI is InChI=1S/C25H29N5O2/c1-29-18-25(16-21(29)22-27-23(32-28-22)20-10-6-3-7-11-20)12-14-30(15-13-25)24(31)26-17-19-8-4-2-5-9-19/h2-11,21H,12-18H2,1H3,(H,26,31). The Morgan fingerprint density at radius 1 is 1.09 bits per heavy atom. The van der Waals surface area contributed by atoms with Gasteiger partial charge in [-0.05, 0) is 49.4 Å². The Balaban J connectivity index is 1.18. The van der Waals surface area contributed by atoms with Crippen LogP contribution in [0.2, 0.25) is 0 Å². The second-order valence-electron chi connectivity index (χ2n) is 9.09. The first-order chi connectivity index (χ1) is 15.6. The highest BCUT2D eigenvalue weighted by atomic mass is 16.5. The van der Waals surface area contributed by atoms with Gasteiger partial charge in [0, 0.05) is 31.7 Å². The predicted molar refractivity (Wildman–Crippen MR) is 122 cm³/mol. The Hall–Kier alpha value is -3.19. The van der Waals surface area contributed by atoms with Crippen LogP contribution in [0.5, 0.6) is 0 Å². The van der Waals surface area contributed by atoms with Gasteiger partial charge in [0.15, 0.2) is 5.82 Å². The molecule has 0 saturated carbocycles. The molecule has 3 heterocycles. The van der Waals surface area contributed by atoms with Crippen molar-refractivity contribution in [3.8, 4) is 11.5 Å². The van der Waals surface area contributed by atoms with Gasteiger partial charge in [0.25, 0.3) is 5.89 Å². The summed E-state index contributed by atoms with van der Waals surface area (Å²) in [5.74, 6) is 1.33. The van der Waals surface area contributed by atoms with Crippen molar-refractivity contribution in [1.29, 1.82) is 0 Å². The van der Waals surface area contributed by atoms with Crippen molar-refractivity contribution in [1.82, 2.24) is 25.3 Å². The van der Waals surface area contributed by atoms with E-state index in [2.05, 4.69) is 22.4 Å². The SMILES string of the molecule is CN1CC2(CCN(C(=O)NCc3ccccc3)CC2)CC1c1noc(-c2ccccc2)n1. The summed E-state index contributed by atoms with van der Waals surface area (Å²) in [5.41, 5.74) is 2.25. The van der Waals surface area contributed by atoms with Crippen molar-refractivity contribution in [3.63, 3.8) is 0 Å². The molecule has 2 aliphatic rings. The summed E-state index contributed by atoms with van der Waals surface area (Å²) in [5, 5.41) is 7.35. The lowest BCUT2D eigenvalue weighted by Crippen LogP contribution is -2.47. The second kappa shape index (κ2) is 8.74. The van der Waals surface area contributed by atoms with E-state index < -0.39 is 0 Å². The molecule has 3 aromatic rings. The number of piperidine rings is 1. The van der Waals surface area contributed by atoms with E-state index in [0.717, 1.165) is 55.8 Å². The first-order valence-electron chi connectivity index (χ1n) is 11.3. The van der Waals surface area contributed by atoms with Crippen LogP contribution in [0.25, 0.3) is 11.5 Å². The molecule has 166 valence electrons. The summed E-state index contributed by atoms with van der Waals surface area (Å²) in [7, 11) is 2.14. The number of likely N-dealkylation sites (tertiary alicyclic amines) is 2. The number of rotatable bonds is 4. The third kappa shape index (κ3) is 4.25. The van der Waals surface area contributed by atoms with Gasteiger partial charge < -0.3 is 14.7 Å². The highest BCUT2D eigenvalue weighted by Crippen LogP contribution is 2.47. The lowest BCUT2D eigenvalue weighted by Gasteiger charge is -2.39. The van der Waals surface area contributed by atoms with Crippen molar-refractivity contribution in [2.24, 2.45) is 5.41 Å². The summed E-state index contributed by atoms with van der Waals surface area (Å²) < 4.78 is 5.55. The molecule has 2 saturated heterocycles. The minimum Gasteiger partial charge on any atom is -0.334 e. The Kier molecular flexibility index (Phi) is 5.66. The Morgan fingerprint density at radius 3 is 2.50 bits per heavy atom. The van der Waals surface area contributed by atoms with Crippen LogP contribution in [0.4, 0.5) is 4.79 Å². The molecular formula is C25H29N5O2. The van der Waals surface area contributed by atoms with Gasteiger partial charge in [-0.15, -0.1) is 0 Å². The highest BCUT2D eigenvalue weighted by Gasteiger charge is 2.46. The first kappa shape index (κ1) is 20.7. The van der Waals surface area contributed by atoms with E-state index in [1.54, 1.807) is 0 Å². The molecule has 0 radical (unpaired) electrons. The van der Waals surface area contributed by atoms with Crippen LogP contribution in [-0.4, -0.2) is 52.7 Å². The topological polar surface area (TPSA) is 74.5 Å². The molecule has 0 aliphatic carbocycles. The molecule has 1 atom stereocenters. The number of nitrogens with zero attached hydrogens (tertiary/aromatic N) is 4. The van der Waals surface area contributed by atoms with Gasteiger partial charge in [0.1, 0.15) is 0 Å². The average Bonchev–Trinajstić information content (AvgIpc) is 3.44. The van der Waals surface area contributed by atoms with Gasteiger partial charge in [-0.25, -0.2) is 4.79 Å². The van der Waals surface area contributed by atoms with E-state index in [0.29, 0.717) is 12.4 Å². The number of hydrogen-bond acceptors (Lipinski definition) is 5. The van der Waals surface area contributed by atoms with E-state index >= 15 is 0 Å². The van der Waals surface area contributed by atoms with Gasteiger partial charge in [-0.3, -0.25) is 4.90 Å². The average molecular weight is 432 g/mol. The van der Waals surface area contributed by atoms with Gasteiger partial charge in [-0.1, -0.05) is 53.7 Å². The molecule has 5 rings (SSSR count). The quantitative estimate of drug-likeness (QED) is 0.673. The summed E-state index contributed by atoms with van der Waals surface area (Å²) in [6.07, 6.45) is 2.99. The number of carbonyl (C=O) groups excluding carboxylic acids is 1. The predicted octanol–water partition coefficient (Wildman–Crippen LogP) is 4.11. The van der Waals surface area contributed by atoms with Gasteiger partial charge in [0.05, 0.1) is 6.04 Å². The number of amides is 2. The number of benzene rings is 2. The lowest BCUT2D eigenvalue weighted by atomic mass is 9.76. The Bertz CT molecular complexity index is 1040. The number of urea groups is 1. The van der Waals surface area contributed by atoms with E-state index in [1.807, 2.05) is 65.6 Å². The van der Waals surface area contributed by atoms with Gasteiger partial charge >= 0.3 is 6.03 Å². The maximum Gasteiger partial charge on any atom is 0.317 e. The molecule has 2 aliphatic heterocycles. The zero-order chi connectivity index (χ0) is 22.0. The summed E-state index contributed by atoms with van der Waals surface area (Å²) in [6, 6.07) is 20.1. The molecular weight excluding hydrogens is 402 g/mol. The van der Waals surface area contributed by atoms with Crippen LogP contribution in [0.15, 0.2) is 65.2 Å². The van der Waals surface area contributed by atoms with Crippen molar-refractivity contribution >= 4 is 6.03 Å². The Morgan fingerprint density at radius 2 is 1.78 bits per heavy atom. The molecule has 1 spiro atoms. The third-order valence-electron chi connectivity index (χ3n) is 6.90. The van der Waals surface area contributed by atoms with Crippen molar-refractivity contribution in [2.45, 2.75) is 31.8 Å². The second-order valence-corrected chi connectivity index (χ2v) is 9.09. The zero-order valence-corrected chi connectivity index (χ0v) is 18.4. The van der Waals surface area contributed by atoms with Gasteiger partial charge in [0.2, 0.25) is 0 Å². The number of aromatic nitrogens is 2. The fourth-order valence-corrected chi connectivity index (χ4v) is 5.06. The first-order valence-corrected chi connectivity index (χ1v) is 11.3. The van der Waals surface area contributed by atoms with Crippen LogP contribution in [0, 0.1) is 5.41 Å². The molecule has 2 aromatic carbocycles. The molecule has 0 bridgehead atoms. The smallest absolute Gasteiger partial charge is 0.317 e. The molecule has 7 heteroatoms. The molecule has 1 N–H and O–H groups in total. The number of nitrogens with one attached hydrogen (secondary N) is 1. The Labute approximate surface area is 188 Å². The van der Waals surface area contributed by atoms with Crippen molar-refractivity contribution in [3.05, 3.63) is 72.1 Å². The molecule has 2 fully saturated rings. The minimum absolute atomic E-state index is 0.0253. The summed E-state index contributed by atoms with van der Waals surface area (Å²) in [6.45, 7) is 3.12. The summed E-state index contributed by atoms with van der Waals surface area (Å²) in [4.78, 5) is 21.6. The maximum absolute atomic E-state index is 12.6. The highest BCUT2D eigenvalue weighted by molar-refractivity contribution is 5.74. The van der Waals surface area contributed by atoms with Crippen LogP contribution < -0.4 is 5.32 Å². The molecule has 1 unspecified atom stereocenters. The van der Waals surface area contributed by atoms with Crippen LogP contribution >= 0.6 is 0 Å². The maximum atomic E-state index is 12.6. The van der Waals surface area contributed by atoms with E-state index in [9.17, 15) is 4.79 Å².